The Morgan fingerprint density at radius 3 is 2.84 bits per heavy atom. The molecule has 0 aromatic carbocycles. The predicted octanol–water partition coefficient (Wildman–Crippen LogP) is 2.14. The van der Waals surface area contributed by atoms with Crippen LogP contribution in [0.1, 0.15) is 24.6 Å². The summed E-state index contributed by atoms with van der Waals surface area (Å²) in [5.41, 5.74) is -0.695. The summed E-state index contributed by atoms with van der Waals surface area (Å²) in [6.07, 6.45) is 2.05. The molecule has 6 heteroatoms. The molecule has 0 spiro atoms. The van der Waals surface area contributed by atoms with Crippen LogP contribution in [-0.2, 0) is 16.1 Å². The molecule has 2 fully saturated rings. The lowest BCUT2D eigenvalue weighted by Crippen LogP contribution is -2.66. The second-order valence-electron chi connectivity index (χ2n) is 5.38. The Morgan fingerprint density at radius 1 is 1.53 bits per heavy atom. The number of halogens is 1. The molecule has 1 aromatic heterocycles. The molecular weight excluding hydrogens is 328 g/mol. The third kappa shape index (κ3) is 2.31. The Balaban J connectivity index is 1.82. The van der Waals surface area contributed by atoms with E-state index in [0.29, 0.717) is 12.5 Å². The number of carbonyl (C=O) groups excluding carboxylic acids is 2. The zero-order chi connectivity index (χ0) is 13.6. The molecule has 4 nitrogen and oxygen atoms in total. The Kier molecular flexibility index (Phi) is 3.17. The normalized spacial score (nSPS) is 27.6. The first kappa shape index (κ1) is 13.1. The second kappa shape index (κ2) is 4.59. The first-order chi connectivity index (χ1) is 9.00. The van der Waals surface area contributed by atoms with Crippen molar-refractivity contribution in [1.29, 1.82) is 0 Å². The number of carbonyl (C=O) groups is 2. The highest BCUT2D eigenvalue weighted by molar-refractivity contribution is 9.10. The molecular formula is C13H15BrN2O2S. The van der Waals surface area contributed by atoms with E-state index in [-0.39, 0.29) is 18.4 Å². The van der Waals surface area contributed by atoms with Gasteiger partial charge in [-0.3, -0.25) is 9.59 Å². The fourth-order valence-corrected chi connectivity index (χ4v) is 4.12. The number of piperazine rings is 1. The molecule has 1 aliphatic heterocycles. The summed E-state index contributed by atoms with van der Waals surface area (Å²) >= 11 is 5.07. The highest BCUT2D eigenvalue weighted by Crippen LogP contribution is 2.42. The van der Waals surface area contributed by atoms with Gasteiger partial charge >= 0.3 is 0 Å². The fraction of sp³-hybridized carbons (Fsp3) is 0.538. The lowest BCUT2D eigenvalue weighted by molar-refractivity contribution is -0.150. The quantitative estimate of drug-likeness (QED) is 0.914. The predicted molar refractivity (Wildman–Crippen MR) is 76.7 cm³/mol. The van der Waals surface area contributed by atoms with E-state index in [1.54, 1.807) is 16.2 Å². The van der Waals surface area contributed by atoms with Gasteiger partial charge in [0, 0.05) is 9.35 Å². The molecule has 102 valence electrons. The average Bonchev–Trinajstić information content (AvgIpc) is 3.13. The third-order valence-electron chi connectivity index (χ3n) is 3.88. The van der Waals surface area contributed by atoms with Crippen LogP contribution in [0, 0.1) is 5.92 Å². The van der Waals surface area contributed by atoms with Gasteiger partial charge in [0.1, 0.15) is 12.1 Å². The molecule has 1 atom stereocenters. The molecule has 0 bridgehead atoms. The molecule has 1 N–H and O–H groups in total. The summed E-state index contributed by atoms with van der Waals surface area (Å²) in [5, 5.41) is 4.87. The Morgan fingerprint density at radius 2 is 2.26 bits per heavy atom. The summed E-state index contributed by atoms with van der Waals surface area (Å²) in [6, 6.07) is 1.97. The van der Waals surface area contributed by atoms with E-state index in [1.165, 1.54) is 0 Å². The molecule has 1 aliphatic carbocycles. The van der Waals surface area contributed by atoms with Crippen molar-refractivity contribution in [2.24, 2.45) is 5.92 Å². The second-order valence-corrected chi connectivity index (χ2v) is 7.23. The number of hydrogen-bond donors (Lipinski definition) is 1. The molecule has 2 amide bonds. The number of hydrogen-bond acceptors (Lipinski definition) is 3. The van der Waals surface area contributed by atoms with Crippen LogP contribution in [-0.4, -0.2) is 28.8 Å². The zero-order valence-corrected chi connectivity index (χ0v) is 13.0. The molecule has 1 unspecified atom stereocenters. The van der Waals surface area contributed by atoms with E-state index in [4.69, 9.17) is 0 Å². The van der Waals surface area contributed by atoms with Crippen LogP contribution in [0.15, 0.2) is 15.9 Å². The van der Waals surface area contributed by atoms with Crippen LogP contribution in [0.5, 0.6) is 0 Å². The fourth-order valence-electron chi connectivity index (χ4n) is 2.63. The minimum Gasteiger partial charge on any atom is -0.340 e. The summed E-state index contributed by atoms with van der Waals surface area (Å²) in [7, 11) is 0. The van der Waals surface area contributed by atoms with Gasteiger partial charge in [0.25, 0.3) is 0 Å². The van der Waals surface area contributed by atoms with Crippen LogP contribution >= 0.6 is 27.3 Å². The maximum atomic E-state index is 12.6. The van der Waals surface area contributed by atoms with Crippen LogP contribution in [0.3, 0.4) is 0 Å². The third-order valence-corrected chi connectivity index (χ3v) is 5.80. The van der Waals surface area contributed by atoms with Crippen molar-refractivity contribution in [2.75, 3.05) is 6.54 Å². The van der Waals surface area contributed by atoms with Gasteiger partial charge < -0.3 is 10.2 Å². The van der Waals surface area contributed by atoms with Crippen LogP contribution < -0.4 is 5.32 Å². The van der Waals surface area contributed by atoms with Crippen LogP contribution in [0.4, 0.5) is 0 Å². The van der Waals surface area contributed by atoms with Gasteiger partial charge in [-0.15, -0.1) is 11.3 Å². The van der Waals surface area contributed by atoms with Crippen molar-refractivity contribution in [3.05, 3.63) is 20.8 Å². The van der Waals surface area contributed by atoms with E-state index >= 15 is 0 Å². The molecule has 1 aromatic rings. The van der Waals surface area contributed by atoms with E-state index in [2.05, 4.69) is 21.2 Å². The van der Waals surface area contributed by atoms with Crippen molar-refractivity contribution in [2.45, 2.75) is 31.8 Å². The van der Waals surface area contributed by atoms with Gasteiger partial charge in [-0.25, -0.2) is 0 Å². The first-order valence-corrected chi connectivity index (χ1v) is 8.00. The number of thiophene rings is 1. The molecule has 19 heavy (non-hydrogen) atoms. The van der Waals surface area contributed by atoms with E-state index in [9.17, 15) is 9.59 Å². The number of amides is 2. The summed E-state index contributed by atoms with van der Waals surface area (Å²) < 4.78 is 1.00. The van der Waals surface area contributed by atoms with Crippen molar-refractivity contribution < 1.29 is 9.59 Å². The minimum atomic E-state index is -0.695. The van der Waals surface area contributed by atoms with Crippen molar-refractivity contribution in [3.8, 4) is 0 Å². The molecule has 0 radical (unpaired) electrons. The molecule has 3 rings (SSSR count). The van der Waals surface area contributed by atoms with E-state index in [1.807, 2.05) is 18.4 Å². The van der Waals surface area contributed by atoms with Crippen molar-refractivity contribution in [3.63, 3.8) is 0 Å². The lowest BCUT2D eigenvalue weighted by Gasteiger charge is -2.40. The SMILES string of the molecule is CC1(C2CC2)NC(=O)CN(Cc2sccc2Br)C1=O. The summed E-state index contributed by atoms with van der Waals surface area (Å²) in [5.74, 6) is 0.301. The highest BCUT2D eigenvalue weighted by Gasteiger charge is 2.52. The van der Waals surface area contributed by atoms with Gasteiger partial charge in [-0.05, 0) is 53.1 Å². The lowest BCUT2D eigenvalue weighted by atomic mass is 9.91. The van der Waals surface area contributed by atoms with E-state index in [0.717, 1.165) is 22.2 Å². The smallest absolute Gasteiger partial charge is 0.249 e. The molecule has 2 heterocycles. The van der Waals surface area contributed by atoms with E-state index < -0.39 is 5.54 Å². The summed E-state index contributed by atoms with van der Waals surface area (Å²) in [4.78, 5) is 27.2. The highest BCUT2D eigenvalue weighted by atomic mass is 79.9. The van der Waals surface area contributed by atoms with Gasteiger partial charge in [0.05, 0.1) is 6.54 Å². The summed E-state index contributed by atoms with van der Waals surface area (Å²) in [6.45, 7) is 2.53. The number of rotatable bonds is 3. The average molecular weight is 343 g/mol. The Hall–Kier alpha value is -0.880. The monoisotopic (exact) mass is 342 g/mol. The Bertz CT molecular complexity index is 541. The topological polar surface area (TPSA) is 49.4 Å². The molecule has 1 saturated heterocycles. The van der Waals surface area contributed by atoms with Crippen LogP contribution in [0.2, 0.25) is 0 Å². The standard InChI is InChI=1S/C13H15BrN2O2S/c1-13(8-2-3-8)12(18)16(7-11(17)15-13)6-10-9(14)4-5-19-10/h4-5,8H,2-3,6-7H2,1H3,(H,15,17). The van der Waals surface area contributed by atoms with Gasteiger partial charge in [-0.2, -0.15) is 0 Å². The number of nitrogens with zero attached hydrogens (tertiary/aromatic N) is 1. The molecule has 2 aliphatic rings. The largest absolute Gasteiger partial charge is 0.340 e. The van der Waals surface area contributed by atoms with Crippen molar-refractivity contribution >= 4 is 39.1 Å². The molecule has 1 saturated carbocycles. The zero-order valence-electron chi connectivity index (χ0n) is 10.6. The minimum absolute atomic E-state index is 0.0508. The maximum absolute atomic E-state index is 12.6. The first-order valence-electron chi connectivity index (χ1n) is 6.33. The van der Waals surface area contributed by atoms with Gasteiger partial charge in [0.2, 0.25) is 11.8 Å². The number of nitrogens with one attached hydrogen (secondary N) is 1. The maximum Gasteiger partial charge on any atom is 0.249 e. The van der Waals surface area contributed by atoms with Crippen molar-refractivity contribution in [1.82, 2.24) is 10.2 Å². The Labute approximate surface area is 124 Å². The van der Waals surface area contributed by atoms with Gasteiger partial charge in [0.15, 0.2) is 0 Å². The van der Waals surface area contributed by atoms with Gasteiger partial charge in [-0.1, -0.05) is 0 Å². The van der Waals surface area contributed by atoms with Crippen LogP contribution in [0.25, 0.3) is 0 Å².